The Hall–Kier alpha value is -2.19. The summed E-state index contributed by atoms with van der Waals surface area (Å²) in [6, 6.07) is 9.32. The van der Waals surface area contributed by atoms with Crippen LogP contribution in [0.15, 0.2) is 35.7 Å². The summed E-state index contributed by atoms with van der Waals surface area (Å²) in [4.78, 5) is 24.1. The predicted octanol–water partition coefficient (Wildman–Crippen LogP) is 2.16. The molecule has 0 aromatic heterocycles. The summed E-state index contributed by atoms with van der Waals surface area (Å²) >= 11 is 0. The van der Waals surface area contributed by atoms with Crippen molar-refractivity contribution in [2.24, 2.45) is 11.8 Å². The normalized spacial score (nSPS) is 19.8. The monoisotopic (exact) mass is 420 g/mol. The Bertz CT molecular complexity index is 841. The molecule has 29 heavy (non-hydrogen) atoms. The number of ether oxygens (including phenoxy) is 1. The van der Waals surface area contributed by atoms with Crippen LogP contribution in [0.5, 0.6) is 0 Å². The smallest absolute Gasteiger partial charge is 0.309 e. The van der Waals surface area contributed by atoms with Crippen molar-refractivity contribution in [2.45, 2.75) is 38.6 Å². The Morgan fingerprint density at radius 1 is 1.17 bits per heavy atom. The summed E-state index contributed by atoms with van der Waals surface area (Å²) in [6.07, 6.45) is 4.60. The van der Waals surface area contributed by atoms with Gasteiger partial charge in [-0.1, -0.05) is 30.3 Å². The Balaban J connectivity index is 1.42. The minimum atomic E-state index is -3.54. The molecule has 3 rings (SSSR count). The van der Waals surface area contributed by atoms with Crippen LogP contribution in [0.2, 0.25) is 0 Å². The highest BCUT2D eigenvalue weighted by atomic mass is 32.2. The lowest BCUT2D eigenvalue weighted by molar-refractivity contribution is -0.153. The van der Waals surface area contributed by atoms with Gasteiger partial charge in [-0.15, -0.1) is 0 Å². The lowest BCUT2D eigenvalue weighted by Gasteiger charge is -2.29. The number of sulfonamides is 1. The van der Waals surface area contributed by atoms with Crippen molar-refractivity contribution in [3.05, 3.63) is 41.3 Å². The molecule has 1 aliphatic carbocycles. The van der Waals surface area contributed by atoms with E-state index in [1.165, 1.54) is 9.71 Å². The minimum Gasteiger partial charge on any atom is -0.455 e. The highest BCUT2D eigenvalue weighted by Gasteiger charge is 2.32. The summed E-state index contributed by atoms with van der Waals surface area (Å²) in [5.41, 5.74) is 0.809. The van der Waals surface area contributed by atoms with Gasteiger partial charge in [0.05, 0.1) is 5.92 Å². The molecule has 1 atom stereocenters. The first-order chi connectivity index (χ1) is 13.8. The third-order valence-electron chi connectivity index (χ3n) is 5.44. The molecule has 7 nitrogen and oxygen atoms in total. The molecule has 0 unspecified atom stereocenters. The van der Waals surface area contributed by atoms with Crippen molar-refractivity contribution < 1.29 is 22.7 Å². The number of hydrogen-bond acceptors (Lipinski definition) is 5. The maximum atomic E-state index is 12.5. The van der Waals surface area contributed by atoms with Gasteiger partial charge in [-0.2, -0.15) is 4.31 Å². The summed E-state index contributed by atoms with van der Waals surface area (Å²) in [7, 11) is -3.54. The molecule has 158 valence electrons. The SMILES string of the molecule is C[C@H](NC(=O)COC(=O)C1CCN(S(=O)(=O)/C=C/c2ccccc2)CC1)C1CC1. The average molecular weight is 421 g/mol. The molecule has 1 amide bonds. The first-order valence-electron chi connectivity index (χ1n) is 10.0. The van der Waals surface area contributed by atoms with Crippen LogP contribution in [0.1, 0.15) is 38.2 Å². The molecule has 0 bridgehead atoms. The topological polar surface area (TPSA) is 92.8 Å². The Morgan fingerprint density at radius 3 is 2.45 bits per heavy atom. The number of carbonyl (C=O) groups is 2. The van der Waals surface area contributed by atoms with E-state index in [1.54, 1.807) is 6.08 Å². The van der Waals surface area contributed by atoms with Crippen molar-refractivity contribution in [3.63, 3.8) is 0 Å². The summed E-state index contributed by atoms with van der Waals surface area (Å²) in [5.74, 6) is -0.565. The van der Waals surface area contributed by atoms with E-state index in [9.17, 15) is 18.0 Å². The van der Waals surface area contributed by atoms with E-state index in [1.807, 2.05) is 37.3 Å². The molecule has 1 saturated heterocycles. The van der Waals surface area contributed by atoms with E-state index in [2.05, 4.69) is 5.32 Å². The van der Waals surface area contributed by atoms with Gasteiger partial charge >= 0.3 is 5.97 Å². The van der Waals surface area contributed by atoms with Crippen LogP contribution >= 0.6 is 0 Å². The van der Waals surface area contributed by atoms with E-state index in [-0.39, 0.29) is 37.6 Å². The van der Waals surface area contributed by atoms with Gasteiger partial charge in [0, 0.05) is 24.5 Å². The predicted molar refractivity (Wildman–Crippen MR) is 110 cm³/mol. The van der Waals surface area contributed by atoms with Gasteiger partial charge in [0.25, 0.3) is 5.91 Å². The van der Waals surface area contributed by atoms with Gasteiger partial charge in [-0.3, -0.25) is 9.59 Å². The van der Waals surface area contributed by atoms with Crippen molar-refractivity contribution in [1.29, 1.82) is 0 Å². The van der Waals surface area contributed by atoms with Gasteiger partial charge in [0.1, 0.15) is 0 Å². The van der Waals surface area contributed by atoms with Crippen LogP contribution < -0.4 is 5.32 Å². The van der Waals surface area contributed by atoms with Crippen molar-refractivity contribution >= 4 is 28.0 Å². The van der Waals surface area contributed by atoms with E-state index in [0.29, 0.717) is 18.8 Å². The minimum absolute atomic E-state index is 0.110. The summed E-state index contributed by atoms with van der Waals surface area (Å²) in [5, 5.41) is 4.04. The van der Waals surface area contributed by atoms with E-state index in [0.717, 1.165) is 18.4 Å². The maximum absolute atomic E-state index is 12.5. The molecule has 1 saturated carbocycles. The van der Waals surface area contributed by atoms with Crippen LogP contribution in [0, 0.1) is 11.8 Å². The fraction of sp³-hybridized carbons (Fsp3) is 0.524. The third-order valence-corrected chi connectivity index (χ3v) is 7.01. The lowest BCUT2D eigenvalue weighted by Crippen LogP contribution is -2.41. The number of benzene rings is 1. The molecular weight excluding hydrogens is 392 g/mol. The molecule has 2 fully saturated rings. The van der Waals surface area contributed by atoms with Crippen LogP contribution in [0.4, 0.5) is 0 Å². The first kappa shape index (κ1) is 21.5. The second kappa shape index (κ2) is 9.54. The number of esters is 1. The van der Waals surface area contributed by atoms with Crippen molar-refractivity contribution in [2.75, 3.05) is 19.7 Å². The van der Waals surface area contributed by atoms with Crippen LogP contribution in [-0.2, 0) is 24.3 Å². The van der Waals surface area contributed by atoms with E-state index >= 15 is 0 Å². The third kappa shape index (κ3) is 6.40. The first-order valence-corrected chi connectivity index (χ1v) is 11.5. The van der Waals surface area contributed by atoms with E-state index in [4.69, 9.17) is 4.74 Å². The van der Waals surface area contributed by atoms with Crippen molar-refractivity contribution in [1.82, 2.24) is 9.62 Å². The summed E-state index contributed by atoms with van der Waals surface area (Å²) in [6.45, 7) is 2.19. The Morgan fingerprint density at radius 2 is 1.83 bits per heavy atom. The molecule has 8 heteroatoms. The number of nitrogens with zero attached hydrogens (tertiary/aromatic N) is 1. The Labute approximate surface area is 172 Å². The fourth-order valence-corrected chi connectivity index (χ4v) is 4.65. The number of nitrogens with one attached hydrogen (secondary N) is 1. The zero-order valence-corrected chi connectivity index (χ0v) is 17.4. The van der Waals surface area contributed by atoms with Crippen molar-refractivity contribution in [3.8, 4) is 0 Å². The van der Waals surface area contributed by atoms with Gasteiger partial charge in [-0.05, 0) is 50.2 Å². The molecular formula is C21H28N2O5S. The zero-order valence-electron chi connectivity index (χ0n) is 16.6. The number of carbonyl (C=O) groups excluding carboxylic acids is 2. The van der Waals surface area contributed by atoms with Crippen LogP contribution in [0.25, 0.3) is 6.08 Å². The molecule has 2 aliphatic rings. The molecule has 0 radical (unpaired) electrons. The quantitative estimate of drug-likeness (QED) is 0.651. The second-order valence-electron chi connectivity index (χ2n) is 7.73. The van der Waals surface area contributed by atoms with Gasteiger partial charge in [0.15, 0.2) is 6.61 Å². The average Bonchev–Trinajstić information content (AvgIpc) is 3.57. The highest BCUT2D eigenvalue weighted by Crippen LogP contribution is 2.32. The highest BCUT2D eigenvalue weighted by molar-refractivity contribution is 7.92. The largest absolute Gasteiger partial charge is 0.455 e. The van der Waals surface area contributed by atoms with Crippen LogP contribution in [-0.4, -0.2) is 50.3 Å². The standard InChI is InChI=1S/C21H28N2O5S/c1-16(18-7-8-18)22-20(24)15-28-21(25)19-9-12-23(13-10-19)29(26,27)14-11-17-5-3-2-4-6-17/h2-6,11,14,16,18-19H,7-10,12-13,15H2,1H3,(H,22,24)/b14-11+/t16-/m0/s1. The molecule has 1 aromatic rings. The molecule has 1 aliphatic heterocycles. The summed E-state index contributed by atoms with van der Waals surface area (Å²) < 4.78 is 31.5. The zero-order chi connectivity index (χ0) is 20.9. The van der Waals surface area contributed by atoms with E-state index < -0.39 is 16.0 Å². The molecule has 0 spiro atoms. The molecule has 1 aromatic carbocycles. The molecule has 1 N–H and O–H groups in total. The maximum Gasteiger partial charge on any atom is 0.309 e. The fourth-order valence-electron chi connectivity index (χ4n) is 3.42. The Kier molecular flexibility index (Phi) is 7.08. The number of rotatable bonds is 8. The lowest BCUT2D eigenvalue weighted by atomic mass is 9.98. The number of amides is 1. The van der Waals surface area contributed by atoms with Gasteiger partial charge in [-0.25, -0.2) is 8.42 Å². The molecule has 1 heterocycles. The van der Waals surface area contributed by atoms with Crippen LogP contribution in [0.3, 0.4) is 0 Å². The number of piperidine rings is 1. The second-order valence-corrected chi connectivity index (χ2v) is 9.55. The van der Waals surface area contributed by atoms with Gasteiger partial charge < -0.3 is 10.1 Å². The van der Waals surface area contributed by atoms with Gasteiger partial charge in [0.2, 0.25) is 10.0 Å². The number of hydrogen-bond donors (Lipinski definition) is 1.